The first-order valence-electron chi connectivity index (χ1n) is 6.46. The SMILES string of the molecule is Cc1ccc(S(=O)(=O)OC2NCC23CCNC3=O)cc1. The third kappa shape index (κ3) is 2.02. The molecule has 1 aromatic rings. The van der Waals surface area contributed by atoms with Crippen LogP contribution in [0.1, 0.15) is 12.0 Å². The molecule has 7 heteroatoms. The maximum atomic E-state index is 12.2. The molecule has 2 heterocycles. The standard InChI is InChI=1S/C13H16N2O4S/c1-9-2-4-10(5-3-9)20(17,18)19-12-13(8-15-12)6-7-14-11(13)16/h2-5,12,15H,6-8H2,1H3,(H,14,16). The second-order valence-electron chi connectivity index (χ2n) is 5.29. The fourth-order valence-electron chi connectivity index (χ4n) is 2.55. The van der Waals surface area contributed by atoms with E-state index in [9.17, 15) is 13.2 Å². The van der Waals surface area contributed by atoms with Gasteiger partial charge in [-0.25, -0.2) is 4.18 Å². The molecule has 108 valence electrons. The minimum atomic E-state index is -3.87. The largest absolute Gasteiger partial charge is 0.355 e. The summed E-state index contributed by atoms with van der Waals surface area (Å²) in [6.45, 7) is 2.89. The lowest BCUT2D eigenvalue weighted by Crippen LogP contribution is -2.66. The highest BCUT2D eigenvalue weighted by Crippen LogP contribution is 2.38. The van der Waals surface area contributed by atoms with Gasteiger partial charge in [0.1, 0.15) is 11.6 Å². The predicted octanol–water partition coefficient (Wildman–Crippen LogP) is 0.136. The van der Waals surface area contributed by atoms with Gasteiger partial charge in [0.25, 0.3) is 10.1 Å². The van der Waals surface area contributed by atoms with E-state index in [1.807, 2.05) is 6.92 Å². The number of rotatable bonds is 3. The van der Waals surface area contributed by atoms with Crippen LogP contribution in [0.25, 0.3) is 0 Å². The molecular weight excluding hydrogens is 280 g/mol. The van der Waals surface area contributed by atoms with Crippen LogP contribution in [0.2, 0.25) is 0 Å². The minimum absolute atomic E-state index is 0.102. The first-order chi connectivity index (χ1) is 9.44. The molecule has 2 aliphatic heterocycles. The molecule has 6 nitrogen and oxygen atoms in total. The number of benzene rings is 1. The molecule has 2 atom stereocenters. The summed E-state index contributed by atoms with van der Waals surface area (Å²) in [6.07, 6.45) is -0.191. The summed E-state index contributed by atoms with van der Waals surface area (Å²) in [7, 11) is -3.87. The van der Waals surface area contributed by atoms with Crippen LogP contribution in [-0.4, -0.2) is 33.6 Å². The van der Waals surface area contributed by atoms with Crippen LogP contribution in [0, 0.1) is 12.3 Å². The number of aryl methyl sites for hydroxylation is 1. The Kier molecular flexibility index (Phi) is 3.07. The van der Waals surface area contributed by atoms with E-state index in [1.54, 1.807) is 12.1 Å². The van der Waals surface area contributed by atoms with Crippen molar-refractivity contribution >= 4 is 16.0 Å². The van der Waals surface area contributed by atoms with Crippen molar-refractivity contribution in [2.24, 2.45) is 5.41 Å². The minimum Gasteiger partial charge on any atom is -0.355 e. The monoisotopic (exact) mass is 296 g/mol. The third-order valence-corrected chi connectivity index (χ3v) is 5.24. The van der Waals surface area contributed by atoms with E-state index in [0.717, 1.165) is 5.56 Å². The Morgan fingerprint density at radius 3 is 2.50 bits per heavy atom. The smallest absolute Gasteiger partial charge is 0.298 e. The van der Waals surface area contributed by atoms with Gasteiger partial charge in [-0.3, -0.25) is 10.1 Å². The first-order valence-corrected chi connectivity index (χ1v) is 7.87. The molecule has 2 N–H and O–H groups in total. The predicted molar refractivity (Wildman–Crippen MR) is 71.3 cm³/mol. The summed E-state index contributed by atoms with van der Waals surface area (Å²) in [5.41, 5.74) is 0.231. The van der Waals surface area contributed by atoms with Crippen molar-refractivity contribution in [3.05, 3.63) is 29.8 Å². The molecule has 0 aromatic heterocycles. The highest BCUT2D eigenvalue weighted by Gasteiger charge is 2.57. The number of carbonyl (C=O) groups excluding carboxylic acids is 1. The van der Waals surface area contributed by atoms with E-state index in [0.29, 0.717) is 19.5 Å². The van der Waals surface area contributed by atoms with Gasteiger partial charge in [0, 0.05) is 13.1 Å². The zero-order valence-electron chi connectivity index (χ0n) is 11.0. The molecular formula is C13H16N2O4S. The van der Waals surface area contributed by atoms with E-state index >= 15 is 0 Å². The lowest BCUT2D eigenvalue weighted by Gasteiger charge is -2.44. The van der Waals surface area contributed by atoms with E-state index in [-0.39, 0.29) is 10.8 Å². The van der Waals surface area contributed by atoms with Gasteiger partial charge in [-0.05, 0) is 25.5 Å². The van der Waals surface area contributed by atoms with E-state index in [4.69, 9.17) is 4.18 Å². The molecule has 2 unspecified atom stereocenters. The molecule has 2 aliphatic rings. The average Bonchev–Trinajstić information content (AvgIpc) is 2.80. The Bertz CT molecular complexity index is 641. The average molecular weight is 296 g/mol. The third-order valence-electron chi connectivity index (χ3n) is 3.95. The van der Waals surface area contributed by atoms with Gasteiger partial charge in [0.15, 0.2) is 0 Å². The molecule has 0 radical (unpaired) electrons. The molecule has 0 saturated carbocycles. The Morgan fingerprint density at radius 1 is 1.30 bits per heavy atom. The quantitative estimate of drug-likeness (QED) is 0.775. The molecule has 0 aliphatic carbocycles. The Labute approximate surface area is 117 Å². The molecule has 3 rings (SSSR count). The van der Waals surface area contributed by atoms with Crippen molar-refractivity contribution in [3.8, 4) is 0 Å². The van der Waals surface area contributed by atoms with Gasteiger partial charge in [-0.1, -0.05) is 17.7 Å². The number of amides is 1. The number of hydrogen-bond donors (Lipinski definition) is 2. The molecule has 20 heavy (non-hydrogen) atoms. The fourth-order valence-corrected chi connectivity index (χ4v) is 3.64. The van der Waals surface area contributed by atoms with E-state index in [2.05, 4.69) is 10.6 Å². The molecule has 2 fully saturated rings. The van der Waals surface area contributed by atoms with Crippen LogP contribution < -0.4 is 10.6 Å². The van der Waals surface area contributed by atoms with Crippen LogP contribution in [0.15, 0.2) is 29.2 Å². The Hall–Kier alpha value is -1.44. The van der Waals surface area contributed by atoms with E-state index in [1.165, 1.54) is 12.1 Å². The lowest BCUT2D eigenvalue weighted by atomic mass is 9.78. The Morgan fingerprint density at radius 2 is 2.00 bits per heavy atom. The zero-order valence-corrected chi connectivity index (χ0v) is 11.9. The van der Waals surface area contributed by atoms with Crippen molar-refractivity contribution in [2.45, 2.75) is 24.5 Å². The van der Waals surface area contributed by atoms with Crippen LogP contribution in [0.4, 0.5) is 0 Å². The maximum Gasteiger partial charge on any atom is 0.298 e. The molecule has 1 spiro atoms. The second kappa shape index (κ2) is 4.54. The van der Waals surface area contributed by atoms with Crippen LogP contribution in [-0.2, 0) is 19.1 Å². The van der Waals surface area contributed by atoms with Crippen molar-refractivity contribution in [2.75, 3.05) is 13.1 Å². The maximum absolute atomic E-state index is 12.2. The van der Waals surface area contributed by atoms with Crippen molar-refractivity contribution in [1.82, 2.24) is 10.6 Å². The van der Waals surface area contributed by atoms with Gasteiger partial charge < -0.3 is 5.32 Å². The van der Waals surface area contributed by atoms with Crippen LogP contribution in [0.3, 0.4) is 0 Å². The fraction of sp³-hybridized carbons (Fsp3) is 0.462. The second-order valence-corrected chi connectivity index (χ2v) is 6.86. The molecule has 1 aromatic carbocycles. The summed E-state index contributed by atoms with van der Waals surface area (Å²) >= 11 is 0. The van der Waals surface area contributed by atoms with Gasteiger partial charge in [-0.15, -0.1) is 0 Å². The lowest BCUT2D eigenvalue weighted by molar-refractivity contribution is -0.142. The normalized spacial score (nSPS) is 29.2. The van der Waals surface area contributed by atoms with E-state index < -0.39 is 21.8 Å². The number of carbonyl (C=O) groups is 1. The highest BCUT2D eigenvalue weighted by atomic mass is 32.2. The van der Waals surface area contributed by atoms with Crippen molar-refractivity contribution in [1.29, 1.82) is 0 Å². The summed E-state index contributed by atoms with van der Waals surface area (Å²) in [5, 5.41) is 5.61. The summed E-state index contributed by atoms with van der Waals surface area (Å²) in [5.74, 6) is -0.139. The molecule has 0 bridgehead atoms. The molecule has 2 saturated heterocycles. The highest BCUT2D eigenvalue weighted by molar-refractivity contribution is 7.86. The van der Waals surface area contributed by atoms with Crippen molar-refractivity contribution in [3.63, 3.8) is 0 Å². The van der Waals surface area contributed by atoms with Gasteiger partial charge in [-0.2, -0.15) is 8.42 Å². The summed E-state index contributed by atoms with van der Waals surface area (Å²) in [6, 6.07) is 6.43. The van der Waals surface area contributed by atoms with Crippen LogP contribution >= 0.6 is 0 Å². The Balaban J connectivity index is 1.81. The van der Waals surface area contributed by atoms with Gasteiger partial charge in [0.05, 0.1) is 4.90 Å². The zero-order chi connectivity index (χ0) is 14.4. The van der Waals surface area contributed by atoms with Gasteiger partial charge in [0.2, 0.25) is 5.91 Å². The number of nitrogens with one attached hydrogen (secondary N) is 2. The van der Waals surface area contributed by atoms with Crippen LogP contribution in [0.5, 0.6) is 0 Å². The van der Waals surface area contributed by atoms with Crippen molar-refractivity contribution < 1.29 is 17.4 Å². The summed E-state index contributed by atoms with van der Waals surface area (Å²) < 4.78 is 29.6. The molecule has 1 amide bonds. The number of hydrogen-bond acceptors (Lipinski definition) is 5. The summed E-state index contributed by atoms with van der Waals surface area (Å²) in [4.78, 5) is 11.9. The van der Waals surface area contributed by atoms with Gasteiger partial charge >= 0.3 is 0 Å². The topological polar surface area (TPSA) is 84.5 Å². The first kappa shape index (κ1) is 13.5.